The first-order chi connectivity index (χ1) is 13.2. The number of rotatable bonds is 5. The van der Waals surface area contributed by atoms with Crippen molar-refractivity contribution in [2.75, 3.05) is 25.1 Å². The Labute approximate surface area is 158 Å². The lowest BCUT2D eigenvalue weighted by Crippen LogP contribution is -2.27. The van der Waals surface area contributed by atoms with E-state index >= 15 is 0 Å². The van der Waals surface area contributed by atoms with E-state index in [1.807, 2.05) is 41.8 Å². The molecule has 1 saturated heterocycles. The molecule has 0 bridgehead atoms. The normalized spacial score (nSPS) is 16.6. The maximum Gasteiger partial charge on any atom is 0.232 e. The van der Waals surface area contributed by atoms with Crippen molar-refractivity contribution >= 4 is 5.95 Å². The summed E-state index contributed by atoms with van der Waals surface area (Å²) in [4.78, 5) is 6.52. The number of anilines is 1. The van der Waals surface area contributed by atoms with Crippen molar-refractivity contribution in [1.29, 1.82) is 0 Å². The van der Waals surface area contributed by atoms with Gasteiger partial charge in [0, 0.05) is 19.0 Å². The molecule has 4 rings (SSSR count). The highest BCUT2D eigenvalue weighted by atomic mass is 16.5. The minimum atomic E-state index is 0.130. The molecular weight excluding hydrogens is 342 g/mol. The van der Waals surface area contributed by atoms with Gasteiger partial charge in [-0.1, -0.05) is 18.2 Å². The molecule has 27 heavy (non-hydrogen) atoms. The lowest BCUT2D eigenvalue weighted by molar-refractivity contribution is 0.223. The number of ether oxygens (including phenoxy) is 2. The number of pyridine rings is 1. The van der Waals surface area contributed by atoms with Crippen LogP contribution in [0.5, 0.6) is 11.6 Å². The third kappa shape index (κ3) is 3.45. The summed E-state index contributed by atoms with van der Waals surface area (Å²) in [5.41, 5.74) is 2.07. The van der Waals surface area contributed by atoms with Gasteiger partial charge in [0.1, 0.15) is 17.7 Å². The van der Waals surface area contributed by atoms with Crippen LogP contribution in [0.1, 0.15) is 17.8 Å². The van der Waals surface area contributed by atoms with Crippen LogP contribution in [0.3, 0.4) is 0 Å². The summed E-state index contributed by atoms with van der Waals surface area (Å²) < 4.78 is 13.4. The molecule has 7 nitrogen and oxygen atoms in total. The van der Waals surface area contributed by atoms with Gasteiger partial charge in [0.05, 0.1) is 25.5 Å². The largest absolute Gasteiger partial charge is 0.488 e. The summed E-state index contributed by atoms with van der Waals surface area (Å²) in [6.45, 7) is 5.66. The van der Waals surface area contributed by atoms with Crippen molar-refractivity contribution in [3.05, 3.63) is 54.0 Å². The number of hydrogen-bond donors (Lipinski definition) is 0. The van der Waals surface area contributed by atoms with Crippen LogP contribution >= 0.6 is 0 Å². The zero-order valence-corrected chi connectivity index (χ0v) is 15.8. The van der Waals surface area contributed by atoms with Crippen LogP contribution in [0.25, 0.3) is 5.69 Å². The van der Waals surface area contributed by atoms with Crippen molar-refractivity contribution in [3.63, 3.8) is 0 Å². The van der Waals surface area contributed by atoms with Crippen molar-refractivity contribution in [2.45, 2.75) is 26.4 Å². The molecule has 0 unspecified atom stereocenters. The van der Waals surface area contributed by atoms with E-state index in [0.717, 1.165) is 48.3 Å². The average Bonchev–Trinajstić information content (AvgIpc) is 3.30. The Hall–Kier alpha value is -3.09. The van der Waals surface area contributed by atoms with Gasteiger partial charge in [0.15, 0.2) is 0 Å². The van der Waals surface area contributed by atoms with E-state index in [1.165, 1.54) is 0 Å². The number of para-hydroxylation sites is 1. The minimum absolute atomic E-state index is 0.130. The minimum Gasteiger partial charge on any atom is -0.488 e. The Morgan fingerprint density at radius 1 is 1.07 bits per heavy atom. The lowest BCUT2D eigenvalue weighted by Gasteiger charge is -2.19. The lowest BCUT2D eigenvalue weighted by atomic mass is 10.2. The Bertz CT molecular complexity index is 922. The number of nitrogens with zero attached hydrogens (tertiary/aromatic N) is 5. The van der Waals surface area contributed by atoms with Gasteiger partial charge in [0.2, 0.25) is 11.8 Å². The molecule has 2 aromatic heterocycles. The number of hydrogen-bond acceptors (Lipinski definition) is 6. The first-order valence-corrected chi connectivity index (χ1v) is 9.05. The van der Waals surface area contributed by atoms with E-state index in [4.69, 9.17) is 9.47 Å². The zero-order chi connectivity index (χ0) is 18.8. The SMILES string of the molecule is COc1ccc(-n2c(C)nnc2N2CC[C@H](Oc3ccccc3C)C2)cn1. The van der Waals surface area contributed by atoms with Crippen molar-refractivity contribution in [1.82, 2.24) is 19.7 Å². The Morgan fingerprint density at radius 3 is 2.67 bits per heavy atom. The van der Waals surface area contributed by atoms with Gasteiger partial charge in [-0.3, -0.25) is 4.57 Å². The molecule has 0 amide bonds. The van der Waals surface area contributed by atoms with E-state index in [9.17, 15) is 0 Å². The quantitative estimate of drug-likeness (QED) is 0.693. The van der Waals surface area contributed by atoms with Crippen LogP contribution in [0.15, 0.2) is 42.6 Å². The first-order valence-electron chi connectivity index (χ1n) is 9.05. The first kappa shape index (κ1) is 17.3. The molecule has 0 radical (unpaired) electrons. The van der Waals surface area contributed by atoms with Gasteiger partial charge in [-0.2, -0.15) is 0 Å². The van der Waals surface area contributed by atoms with E-state index in [-0.39, 0.29) is 6.10 Å². The molecule has 1 aliphatic rings. The maximum atomic E-state index is 6.21. The van der Waals surface area contributed by atoms with E-state index in [1.54, 1.807) is 13.3 Å². The smallest absolute Gasteiger partial charge is 0.232 e. The second-order valence-electron chi connectivity index (χ2n) is 6.68. The maximum absolute atomic E-state index is 6.21. The number of methoxy groups -OCH3 is 1. The average molecular weight is 365 g/mol. The zero-order valence-electron chi connectivity index (χ0n) is 15.8. The van der Waals surface area contributed by atoms with E-state index in [2.05, 4.69) is 33.1 Å². The molecule has 1 fully saturated rings. The number of aryl methyl sites for hydroxylation is 2. The highest BCUT2D eigenvalue weighted by Crippen LogP contribution is 2.27. The Morgan fingerprint density at radius 2 is 1.93 bits per heavy atom. The molecule has 3 aromatic rings. The van der Waals surface area contributed by atoms with Crippen LogP contribution in [0.2, 0.25) is 0 Å². The van der Waals surface area contributed by atoms with Gasteiger partial charge in [0.25, 0.3) is 0 Å². The van der Waals surface area contributed by atoms with Crippen LogP contribution in [-0.2, 0) is 0 Å². The molecule has 0 spiro atoms. The molecule has 1 atom stereocenters. The fraction of sp³-hybridized carbons (Fsp3) is 0.350. The van der Waals surface area contributed by atoms with Gasteiger partial charge in [-0.15, -0.1) is 10.2 Å². The predicted octanol–water partition coefficient (Wildman–Crippen LogP) is 2.95. The molecular formula is C20H23N5O2. The molecule has 3 heterocycles. The van der Waals surface area contributed by atoms with Crippen molar-refractivity contribution < 1.29 is 9.47 Å². The molecule has 1 aromatic carbocycles. The van der Waals surface area contributed by atoms with Gasteiger partial charge in [-0.25, -0.2) is 4.98 Å². The van der Waals surface area contributed by atoms with Crippen molar-refractivity contribution in [3.8, 4) is 17.3 Å². The number of aromatic nitrogens is 4. The fourth-order valence-corrected chi connectivity index (χ4v) is 3.36. The van der Waals surface area contributed by atoms with E-state index in [0.29, 0.717) is 5.88 Å². The highest BCUT2D eigenvalue weighted by molar-refractivity contribution is 5.45. The van der Waals surface area contributed by atoms with Crippen LogP contribution in [0.4, 0.5) is 5.95 Å². The van der Waals surface area contributed by atoms with Crippen molar-refractivity contribution in [2.24, 2.45) is 0 Å². The highest BCUT2D eigenvalue weighted by Gasteiger charge is 2.28. The van der Waals surface area contributed by atoms with Gasteiger partial charge in [-0.05, 0) is 31.5 Å². The van der Waals surface area contributed by atoms with Crippen LogP contribution < -0.4 is 14.4 Å². The Balaban J connectivity index is 1.54. The monoisotopic (exact) mass is 365 g/mol. The van der Waals surface area contributed by atoms with Crippen LogP contribution in [0, 0.1) is 13.8 Å². The molecule has 0 N–H and O–H groups in total. The third-order valence-electron chi connectivity index (χ3n) is 4.81. The standard InChI is InChI=1S/C20H23N5O2/c1-14-6-4-5-7-18(14)27-17-10-11-24(13-17)20-23-22-15(2)25(20)16-8-9-19(26-3)21-12-16/h4-9,12,17H,10-11,13H2,1-3H3/t17-/m0/s1. The third-order valence-corrected chi connectivity index (χ3v) is 4.81. The molecule has 140 valence electrons. The fourth-order valence-electron chi connectivity index (χ4n) is 3.36. The summed E-state index contributed by atoms with van der Waals surface area (Å²) in [5.74, 6) is 3.16. The van der Waals surface area contributed by atoms with Crippen LogP contribution in [-0.4, -0.2) is 46.1 Å². The summed E-state index contributed by atoms with van der Waals surface area (Å²) in [7, 11) is 1.61. The second kappa shape index (κ2) is 7.26. The molecule has 0 aliphatic carbocycles. The Kier molecular flexibility index (Phi) is 4.66. The molecule has 1 aliphatic heterocycles. The predicted molar refractivity (Wildman–Crippen MR) is 103 cm³/mol. The number of benzene rings is 1. The summed E-state index contributed by atoms with van der Waals surface area (Å²) >= 11 is 0. The molecule has 7 heteroatoms. The molecule has 0 saturated carbocycles. The van der Waals surface area contributed by atoms with Gasteiger partial charge >= 0.3 is 0 Å². The van der Waals surface area contributed by atoms with E-state index < -0.39 is 0 Å². The second-order valence-corrected chi connectivity index (χ2v) is 6.68. The summed E-state index contributed by atoms with van der Waals surface area (Å²) in [5, 5.41) is 8.67. The summed E-state index contributed by atoms with van der Waals surface area (Å²) in [6.07, 6.45) is 2.85. The van der Waals surface area contributed by atoms with Gasteiger partial charge < -0.3 is 14.4 Å². The summed E-state index contributed by atoms with van der Waals surface area (Å²) in [6, 6.07) is 11.9. The topological polar surface area (TPSA) is 65.3 Å².